The van der Waals surface area contributed by atoms with Gasteiger partial charge in [0.05, 0.1) is 13.2 Å². The Bertz CT molecular complexity index is 623. The van der Waals surface area contributed by atoms with Crippen molar-refractivity contribution in [2.75, 3.05) is 52.5 Å². The molecule has 0 unspecified atom stereocenters. The van der Waals surface area contributed by atoms with Gasteiger partial charge in [0.1, 0.15) is 30.8 Å². The van der Waals surface area contributed by atoms with E-state index in [-0.39, 0.29) is 43.3 Å². The first-order valence-electron chi connectivity index (χ1n) is 13.8. The fourth-order valence-corrected chi connectivity index (χ4v) is 6.70. The van der Waals surface area contributed by atoms with Gasteiger partial charge in [-0.15, -0.1) is 0 Å². The molecule has 188 valence electrons. The van der Waals surface area contributed by atoms with Crippen LogP contribution < -0.4 is 0 Å². The largest absolute Gasteiger partial charge is 0.360 e. The van der Waals surface area contributed by atoms with Gasteiger partial charge in [0.2, 0.25) is 0 Å². The molecule has 6 rings (SSSR count). The van der Waals surface area contributed by atoms with E-state index in [1.54, 1.807) is 0 Å². The number of rotatable bonds is 5. The van der Waals surface area contributed by atoms with Crippen molar-refractivity contribution in [1.82, 2.24) is 14.7 Å². The van der Waals surface area contributed by atoms with Crippen molar-refractivity contribution in [2.24, 2.45) is 0 Å². The minimum absolute atomic E-state index is 0.0134. The third kappa shape index (κ3) is 5.00. The molecule has 6 aliphatic rings. The maximum Gasteiger partial charge on any atom is 0.198 e. The number of nitrogens with zero attached hydrogens (tertiary/aromatic N) is 3. The van der Waals surface area contributed by atoms with E-state index in [4.69, 9.17) is 23.7 Å². The van der Waals surface area contributed by atoms with E-state index in [9.17, 15) is 0 Å². The lowest BCUT2D eigenvalue weighted by Gasteiger charge is -2.47. The molecule has 8 nitrogen and oxygen atoms in total. The first-order valence-corrected chi connectivity index (χ1v) is 13.8. The highest BCUT2D eigenvalue weighted by molar-refractivity contribution is 4.93. The standard InChI is InChI=1S/C25H43N3O5/c1-4-11-26(12-5-1)22-19(10-17-29-22)31-25-24(28-15-8-3-9-16-28)33-21-20(32-25)18-30-23(21)27-13-6-2-7-14-27/h19-25H,1-18H2/t19-,20-,21+,22+,23-,24+,25-/m0/s1. The fourth-order valence-electron chi connectivity index (χ4n) is 6.70. The van der Waals surface area contributed by atoms with Crippen LogP contribution in [0.4, 0.5) is 0 Å². The van der Waals surface area contributed by atoms with Crippen LogP contribution in [-0.4, -0.2) is 110 Å². The first-order chi connectivity index (χ1) is 16.4. The van der Waals surface area contributed by atoms with Crippen molar-refractivity contribution < 1.29 is 23.7 Å². The summed E-state index contributed by atoms with van der Waals surface area (Å²) in [6.07, 6.45) is 11.8. The van der Waals surface area contributed by atoms with Gasteiger partial charge in [0.25, 0.3) is 0 Å². The zero-order valence-electron chi connectivity index (χ0n) is 20.2. The van der Waals surface area contributed by atoms with Gasteiger partial charge in [-0.25, -0.2) is 0 Å². The third-order valence-corrected chi connectivity index (χ3v) is 8.49. The molecule has 0 aromatic carbocycles. The lowest BCUT2D eigenvalue weighted by atomic mass is 10.1. The molecule has 8 heteroatoms. The van der Waals surface area contributed by atoms with Crippen LogP contribution in [0.1, 0.15) is 64.2 Å². The Morgan fingerprint density at radius 2 is 1.15 bits per heavy atom. The summed E-state index contributed by atoms with van der Waals surface area (Å²) in [6, 6.07) is 0. The van der Waals surface area contributed by atoms with Gasteiger partial charge in [-0.05, 0) is 38.5 Å². The number of hydrogen-bond acceptors (Lipinski definition) is 8. The molecule has 6 fully saturated rings. The molecule has 33 heavy (non-hydrogen) atoms. The molecule has 0 aromatic rings. The minimum atomic E-state index is -0.382. The molecule has 0 bridgehead atoms. The molecule has 0 N–H and O–H groups in total. The Kier molecular flexibility index (Phi) is 7.52. The number of piperidine rings is 3. The summed E-state index contributed by atoms with van der Waals surface area (Å²) in [5.41, 5.74) is 0. The second-order valence-electron chi connectivity index (χ2n) is 10.8. The highest BCUT2D eigenvalue weighted by Gasteiger charge is 2.52. The normalized spacial score (nSPS) is 44.2. The van der Waals surface area contributed by atoms with Crippen LogP contribution in [-0.2, 0) is 23.7 Å². The molecule has 0 saturated carbocycles. The Balaban J connectivity index is 1.16. The minimum Gasteiger partial charge on any atom is -0.360 e. The van der Waals surface area contributed by atoms with Gasteiger partial charge in [0, 0.05) is 45.7 Å². The summed E-state index contributed by atoms with van der Waals surface area (Å²) in [4.78, 5) is 7.42. The molecule has 0 aromatic heterocycles. The van der Waals surface area contributed by atoms with E-state index in [1.807, 2.05) is 0 Å². The highest BCUT2D eigenvalue weighted by atomic mass is 16.8. The smallest absolute Gasteiger partial charge is 0.198 e. The van der Waals surface area contributed by atoms with Gasteiger partial charge in [-0.3, -0.25) is 14.7 Å². The van der Waals surface area contributed by atoms with Crippen LogP contribution in [0.25, 0.3) is 0 Å². The maximum absolute atomic E-state index is 6.87. The van der Waals surface area contributed by atoms with Gasteiger partial charge in [-0.1, -0.05) is 19.3 Å². The van der Waals surface area contributed by atoms with Gasteiger partial charge < -0.3 is 23.7 Å². The molecule has 7 atom stereocenters. The monoisotopic (exact) mass is 465 g/mol. The van der Waals surface area contributed by atoms with Crippen molar-refractivity contribution in [3.05, 3.63) is 0 Å². The molecule has 0 aliphatic carbocycles. The summed E-state index contributed by atoms with van der Waals surface area (Å²) in [5, 5.41) is 0. The Morgan fingerprint density at radius 3 is 1.79 bits per heavy atom. The molecule has 0 spiro atoms. The van der Waals surface area contributed by atoms with Crippen LogP contribution in [0.2, 0.25) is 0 Å². The van der Waals surface area contributed by atoms with Gasteiger partial charge >= 0.3 is 0 Å². The lowest BCUT2D eigenvalue weighted by molar-refractivity contribution is -0.343. The topological polar surface area (TPSA) is 55.9 Å². The predicted octanol–water partition coefficient (Wildman–Crippen LogP) is 2.37. The van der Waals surface area contributed by atoms with E-state index in [0.717, 1.165) is 52.3 Å². The van der Waals surface area contributed by atoms with Gasteiger partial charge in [0.15, 0.2) is 12.5 Å². The molecule has 6 heterocycles. The Labute approximate surface area is 198 Å². The van der Waals surface area contributed by atoms with Crippen LogP contribution in [0.3, 0.4) is 0 Å². The Hall–Kier alpha value is -0.320. The van der Waals surface area contributed by atoms with Crippen LogP contribution in [0.15, 0.2) is 0 Å². The van der Waals surface area contributed by atoms with E-state index >= 15 is 0 Å². The quantitative estimate of drug-likeness (QED) is 0.614. The van der Waals surface area contributed by atoms with E-state index in [2.05, 4.69) is 14.7 Å². The number of fused-ring (bicyclic) bond motifs is 1. The van der Waals surface area contributed by atoms with Crippen LogP contribution >= 0.6 is 0 Å². The SMILES string of the molecule is C1CCN([C@@H]2O[C@@H]3[C@H](CO[C@@H]3N3CCCCC3)O[C@@H]2O[C@H]2CCO[C@H]2N2CCCCC2)CC1. The van der Waals surface area contributed by atoms with E-state index < -0.39 is 0 Å². The maximum atomic E-state index is 6.87. The second kappa shape index (κ2) is 10.7. The molecule has 6 saturated heterocycles. The summed E-state index contributed by atoms with van der Waals surface area (Å²) in [7, 11) is 0. The molecule has 0 amide bonds. The fraction of sp³-hybridized carbons (Fsp3) is 1.00. The van der Waals surface area contributed by atoms with Crippen LogP contribution in [0, 0.1) is 0 Å². The van der Waals surface area contributed by atoms with Crippen molar-refractivity contribution >= 4 is 0 Å². The van der Waals surface area contributed by atoms with E-state index in [0.29, 0.717) is 6.61 Å². The number of hydrogen-bond donors (Lipinski definition) is 0. The lowest BCUT2D eigenvalue weighted by Crippen LogP contribution is -2.61. The highest BCUT2D eigenvalue weighted by Crippen LogP contribution is 2.36. The van der Waals surface area contributed by atoms with Crippen LogP contribution in [0.5, 0.6) is 0 Å². The average Bonchev–Trinajstić information content (AvgIpc) is 3.52. The zero-order chi connectivity index (χ0) is 22.0. The summed E-state index contributed by atoms with van der Waals surface area (Å²) in [5.74, 6) is 0. The molecule has 0 radical (unpaired) electrons. The Morgan fingerprint density at radius 1 is 0.576 bits per heavy atom. The third-order valence-electron chi connectivity index (χ3n) is 8.49. The summed E-state index contributed by atoms with van der Waals surface area (Å²) < 4.78 is 32.8. The molecular formula is C25H43N3O5. The molecule has 6 aliphatic heterocycles. The summed E-state index contributed by atoms with van der Waals surface area (Å²) >= 11 is 0. The summed E-state index contributed by atoms with van der Waals surface area (Å²) in [6.45, 7) is 7.88. The van der Waals surface area contributed by atoms with Crippen molar-refractivity contribution in [2.45, 2.75) is 107 Å². The van der Waals surface area contributed by atoms with Crippen molar-refractivity contribution in [3.8, 4) is 0 Å². The zero-order valence-corrected chi connectivity index (χ0v) is 20.2. The molecular weight excluding hydrogens is 422 g/mol. The number of likely N-dealkylation sites (tertiary alicyclic amines) is 3. The second-order valence-corrected chi connectivity index (χ2v) is 10.8. The first kappa shape index (κ1) is 23.1. The number of ether oxygens (including phenoxy) is 5. The van der Waals surface area contributed by atoms with Gasteiger partial charge in [-0.2, -0.15) is 0 Å². The van der Waals surface area contributed by atoms with Crippen molar-refractivity contribution in [1.29, 1.82) is 0 Å². The van der Waals surface area contributed by atoms with E-state index in [1.165, 1.54) is 57.8 Å². The predicted molar refractivity (Wildman–Crippen MR) is 123 cm³/mol. The average molecular weight is 466 g/mol. The van der Waals surface area contributed by atoms with Crippen molar-refractivity contribution in [3.63, 3.8) is 0 Å².